The smallest absolute Gasteiger partial charge is 0.216 e. The van der Waals surface area contributed by atoms with Crippen molar-refractivity contribution in [1.29, 1.82) is 0 Å². The van der Waals surface area contributed by atoms with Crippen LogP contribution in [-0.2, 0) is 0 Å². The highest BCUT2D eigenvalue weighted by atomic mass is 16.5. The maximum Gasteiger partial charge on any atom is 0.216 e. The quantitative estimate of drug-likeness (QED) is 0.785. The van der Waals surface area contributed by atoms with Gasteiger partial charge in [-0.2, -0.15) is 5.10 Å². The van der Waals surface area contributed by atoms with Crippen LogP contribution < -0.4 is 4.74 Å². The summed E-state index contributed by atoms with van der Waals surface area (Å²) in [7, 11) is 0. The van der Waals surface area contributed by atoms with Crippen molar-refractivity contribution in [3.63, 3.8) is 0 Å². The highest BCUT2D eigenvalue weighted by Crippen LogP contribution is 2.17. The molecule has 16 heavy (non-hydrogen) atoms. The minimum atomic E-state index is 0.720. The van der Waals surface area contributed by atoms with Crippen molar-refractivity contribution in [1.82, 2.24) is 9.78 Å². The maximum atomic E-state index is 5.61. The van der Waals surface area contributed by atoms with E-state index in [2.05, 4.69) is 31.1 Å². The minimum Gasteiger partial charge on any atom is -0.478 e. The monoisotopic (exact) mass is 216 g/mol. The maximum absolute atomic E-state index is 5.61. The fourth-order valence-electron chi connectivity index (χ4n) is 1.49. The molecular formula is C13H16N2O. The normalized spacial score (nSPS) is 10.4. The average molecular weight is 216 g/mol. The average Bonchev–Trinajstić information content (AvgIpc) is 2.75. The summed E-state index contributed by atoms with van der Waals surface area (Å²) in [6.45, 7) is 4.88. The van der Waals surface area contributed by atoms with E-state index >= 15 is 0 Å². The van der Waals surface area contributed by atoms with Crippen LogP contribution in [0.1, 0.15) is 18.9 Å². The molecule has 0 unspecified atom stereocenters. The van der Waals surface area contributed by atoms with E-state index in [1.807, 2.05) is 22.9 Å². The predicted molar refractivity (Wildman–Crippen MR) is 64.1 cm³/mol. The number of nitrogens with zero attached hydrogens (tertiary/aromatic N) is 2. The summed E-state index contributed by atoms with van der Waals surface area (Å²) < 4.78 is 7.43. The summed E-state index contributed by atoms with van der Waals surface area (Å²) in [6.07, 6.45) is 2.75. The first-order valence-electron chi connectivity index (χ1n) is 5.55. The van der Waals surface area contributed by atoms with Crippen LogP contribution in [-0.4, -0.2) is 16.4 Å². The van der Waals surface area contributed by atoms with Gasteiger partial charge in [-0.25, -0.2) is 4.68 Å². The van der Waals surface area contributed by atoms with Crippen LogP contribution in [0.3, 0.4) is 0 Å². The van der Waals surface area contributed by atoms with Gasteiger partial charge in [0.15, 0.2) is 0 Å². The number of ether oxygens (including phenoxy) is 1. The van der Waals surface area contributed by atoms with Crippen LogP contribution in [0, 0.1) is 6.92 Å². The van der Waals surface area contributed by atoms with Crippen LogP contribution in [0.15, 0.2) is 36.5 Å². The Balaban J connectivity index is 2.26. The Kier molecular flexibility index (Phi) is 3.25. The fourth-order valence-corrected chi connectivity index (χ4v) is 1.49. The Morgan fingerprint density at radius 3 is 2.62 bits per heavy atom. The van der Waals surface area contributed by atoms with Crippen molar-refractivity contribution in [3.8, 4) is 11.6 Å². The lowest BCUT2D eigenvalue weighted by molar-refractivity contribution is 0.296. The van der Waals surface area contributed by atoms with Crippen LogP contribution in [0.25, 0.3) is 5.69 Å². The number of hydrogen-bond donors (Lipinski definition) is 0. The number of hydrogen-bond acceptors (Lipinski definition) is 2. The number of benzene rings is 1. The second kappa shape index (κ2) is 4.84. The van der Waals surface area contributed by atoms with Gasteiger partial charge in [0.2, 0.25) is 5.88 Å². The summed E-state index contributed by atoms with van der Waals surface area (Å²) in [5, 5.41) is 4.26. The molecule has 1 heterocycles. The second-order valence-electron chi connectivity index (χ2n) is 3.77. The summed E-state index contributed by atoms with van der Waals surface area (Å²) in [5.74, 6) is 0.797. The van der Waals surface area contributed by atoms with Crippen LogP contribution in [0.4, 0.5) is 0 Å². The summed E-state index contributed by atoms with van der Waals surface area (Å²) in [6, 6.07) is 10.1. The molecule has 84 valence electrons. The molecule has 0 aliphatic heterocycles. The van der Waals surface area contributed by atoms with E-state index in [0.717, 1.165) is 24.6 Å². The zero-order chi connectivity index (χ0) is 11.4. The molecule has 2 aromatic rings. The first-order valence-corrected chi connectivity index (χ1v) is 5.55. The highest BCUT2D eigenvalue weighted by molar-refractivity contribution is 5.36. The van der Waals surface area contributed by atoms with Gasteiger partial charge in [-0.3, -0.25) is 0 Å². The summed E-state index contributed by atoms with van der Waals surface area (Å²) >= 11 is 0. The molecule has 3 nitrogen and oxygen atoms in total. The molecule has 0 aliphatic carbocycles. The predicted octanol–water partition coefficient (Wildman–Crippen LogP) is 2.97. The molecule has 0 aliphatic rings. The largest absolute Gasteiger partial charge is 0.478 e. The van der Waals surface area contributed by atoms with E-state index < -0.39 is 0 Å². The lowest BCUT2D eigenvalue weighted by Gasteiger charge is -2.08. The van der Waals surface area contributed by atoms with Crippen molar-refractivity contribution < 1.29 is 4.74 Å². The lowest BCUT2D eigenvalue weighted by atomic mass is 10.2. The second-order valence-corrected chi connectivity index (χ2v) is 3.77. The number of aromatic nitrogens is 2. The zero-order valence-electron chi connectivity index (χ0n) is 9.68. The van der Waals surface area contributed by atoms with Crippen molar-refractivity contribution in [2.24, 2.45) is 0 Å². The molecule has 0 saturated heterocycles. The molecule has 0 radical (unpaired) electrons. The Morgan fingerprint density at radius 2 is 1.94 bits per heavy atom. The molecule has 0 saturated carbocycles. The molecule has 0 N–H and O–H groups in total. The Hall–Kier alpha value is -1.77. The zero-order valence-corrected chi connectivity index (χ0v) is 9.68. The van der Waals surface area contributed by atoms with Gasteiger partial charge >= 0.3 is 0 Å². The standard InChI is InChI=1S/C13H16N2O/c1-3-10-16-13-8-9-14-15(13)12-6-4-11(2)5-7-12/h4-9H,3,10H2,1-2H3. The number of rotatable bonds is 4. The van der Waals surface area contributed by atoms with Gasteiger partial charge in [-0.1, -0.05) is 24.6 Å². The van der Waals surface area contributed by atoms with Crippen LogP contribution in [0.2, 0.25) is 0 Å². The molecule has 0 atom stereocenters. The summed E-state index contributed by atoms with van der Waals surface area (Å²) in [4.78, 5) is 0. The molecule has 0 amide bonds. The molecule has 1 aromatic carbocycles. The molecule has 0 spiro atoms. The first-order chi connectivity index (χ1) is 7.81. The molecule has 1 aromatic heterocycles. The molecule has 2 rings (SSSR count). The van der Waals surface area contributed by atoms with Gasteiger partial charge in [-0.05, 0) is 25.5 Å². The van der Waals surface area contributed by atoms with Crippen molar-refractivity contribution in [3.05, 3.63) is 42.1 Å². The van der Waals surface area contributed by atoms with E-state index in [9.17, 15) is 0 Å². The van der Waals surface area contributed by atoms with Crippen molar-refractivity contribution in [2.45, 2.75) is 20.3 Å². The van der Waals surface area contributed by atoms with Gasteiger partial charge in [0.25, 0.3) is 0 Å². The lowest BCUT2D eigenvalue weighted by Crippen LogP contribution is -2.03. The summed E-state index contributed by atoms with van der Waals surface area (Å²) in [5.41, 5.74) is 2.27. The topological polar surface area (TPSA) is 27.1 Å². The first kappa shape index (κ1) is 10.7. The van der Waals surface area contributed by atoms with Crippen LogP contribution in [0.5, 0.6) is 5.88 Å². The third-order valence-electron chi connectivity index (χ3n) is 2.34. The van der Waals surface area contributed by atoms with Gasteiger partial charge in [0.1, 0.15) is 0 Å². The minimum absolute atomic E-state index is 0.720. The van der Waals surface area contributed by atoms with Gasteiger partial charge in [0, 0.05) is 6.07 Å². The third-order valence-corrected chi connectivity index (χ3v) is 2.34. The molecule has 0 bridgehead atoms. The fraction of sp³-hybridized carbons (Fsp3) is 0.308. The highest BCUT2D eigenvalue weighted by Gasteiger charge is 2.04. The Labute approximate surface area is 95.7 Å². The van der Waals surface area contributed by atoms with Crippen LogP contribution >= 0.6 is 0 Å². The Bertz CT molecular complexity index is 445. The number of aryl methyl sites for hydroxylation is 1. The van der Waals surface area contributed by atoms with E-state index in [1.54, 1.807) is 6.20 Å². The SMILES string of the molecule is CCCOc1ccnn1-c1ccc(C)cc1. The van der Waals surface area contributed by atoms with Gasteiger partial charge in [0.05, 0.1) is 18.5 Å². The van der Waals surface area contributed by atoms with E-state index in [0.29, 0.717) is 0 Å². The Morgan fingerprint density at radius 1 is 1.19 bits per heavy atom. The van der Waals surface area contributed by atoms with Gasteiger partial charge < -0.3 is 4.74 Å². The van der Waals surface area contributed by atoms with E-state index in [4.69, 9.17) is 4.74 Å². The van der Waals surface area contributed by atoms with E-state index in [1.165, 1.54) is 5.56 Å². The van der Waals surface area contributed by atoms with Crippen molar-refractivity contribution in [2.75, 3.05) is 6.61 Å². The molecule has 3 heteroatoms. The third kappa shape index (κ3) is 2.24. The van der Waals surface area contributed by atoms with E-state index in [-0.39, 0.29) is 0 Å². The van der Waals surface area contributed by atoms with Gasteiger partial charge in [-0.15, -0.1) is 0 Å². The molecule has 0 fully saturated rings. The van der Waals surface area contributed by atoms with Crippen molar-refractivity contribution >= 4 is 0 Å². The molecular weight excluding hydrogens is 200 g/mol.